The van der Waals surface area contributed by atoms with Crippen LogP contribution >= 0.6 is 23.2 Å². The Morgan fingerprint density at radius 2 is 1.77 bits per heavy atom. The summed E-state index contributed by atoms with van der Waals surface area (Å²) < 4.78 is 6.53. The van der Waals surface area contributed by atoms with Crippen molar-refractivity contribution in [3.8, 4) is 0 Å². The fraction of sp³-hybridized carbons (Fsp3) is 0.633. The molecular formula is C30H37Cl2N3O4. The van der Waals surface area contributed by atoms with Crippen molar-refractivity contribution < 1.29 is 19.1 Å². The molecule has 7 nitrogen and oxygen atoms in total. The van der Waals surface area contributed by atoms with Crippen molar-refractivity contribution in [2.24, 2.45) is 23.7 Å². The molecule has 0 aromatic heterocycles. The minimum absolute atomic E-state index is 0.0711. The van der Waals surface area contributed by atoms with E-state index in [1.807, 2.05) is 17.1 Å². The molecule has 4 fully saturated rings. The van der Waals surface area contributed by atoms with Gasteiger partial charge in [0.25, 0.3) is 0 Å². The highest BCUT2D eigenvalue weighted by Crippen LogP contribution is 2.57. The van der Waals surface area contributed by atoms with Crippen molar-refractivity contribution in [3.05, 3.63) is 40.4 Å². The van der Waals surface area contributed by atoms with Crippen molar-refractivity contribution in [1.29, 1.82) is 0 Å². The second-order valence-electron chi connectivity index (χ2n) is 12.2. The number of halogens is 2. The van der Waals surface area contributed by atoms with E-state index in [1.54, 1.807) is 18.2 Å². The lowest BCUT2D eigenvalue weighted by Crippen LogP contribution is -2.60. The predicted octanol–water partition coefficient (Wildman–Crippen LogP) is 5.36. The quantitative estimate of drug-likeness (QED) is 0.464. The van der Waals surface area contributed by atoms with Crippen LogP contribution in [0.15, 0.2) is 30.4 Å². The average molecular weight is 575 g/mol. The second-order valence-corrected chi connectivity index (χ2v) is 13.1. The van der Waals surface area contributed by atoms with Crippen LogP contribution in [0.4, 0.5) is 5.69 Å². The molecule has 2 saturated carbocycles. The Morgan fingerprint density at radius 1 is 1.00 bits per heavy atom. The van der Waals surface area contributed by atoms with E-state index in [-0.39, 0.29) is 35.7 Å². The maximum atomic E-state index is 14.4. The van der Waals surface area contributed by atoms with Crippen LogP contribution in [0.3, 0.4) is 0 Å². The maximum Gasteiger partial charge on any atom is 0.246 e. The molecule has 9 heteroatoms. The number of rotatable bonds is 5. The van der Waals surface area contributed by atoms with Crippen molar-refractivity contribution in [2.45, 2.75) is 95.0 Å². The minimum Gasteiger partial charge on any atom is -0.359 e. The third-order valence-corrected chi connectivity index (χ3v) is 10.8. The number of ether oxygens (including phenoxy) is 1. The molecule has 3 heterocycles. The van der Waals surface area contributed by atoms with E-state index in [0.29, 0.717) is 21.7 Å². The van der Waals surface area contributed by atoms with Crippen LogP contribution in [0.1, 0.15) is 65.2 Å². The standard InChI is InChI=1S/C30H37Cl2N3O4/c1-16-7-6-10-22(17(16)2)35-26(28(37)33-18-8-4-3-5-9-18)30-14-13-23(39-30)24(25(30)29(35)38)27(36)34-19-11-12-20(31)21(32)15-19/h11-18,22-26H,3-10H2,1-2H3,(H,33,37)(H,34,36). The van der Waals surface area contributed by atoms with E-state index in [4.69, 9.17) is 27.9 Å². The van der Waals surface area contributed by atoms with E-state index in [0.717, 1.165) is 44.9 Å². The number of amides is 3. The molecule has 5 aliphatic rings. The third-order valence-electron chi connectivity index (χ3n) is 10.0. The number of nitrogens with zero attached hydrogens (tertiary/aromatic N) is 1. The molecule has 2 bridgehead atoms. The number of hydrogen-bond acceptors (Lipinski definition) is 4. The van der Waals surface area contributed by atoms with Crippen LogP contribution in [-0.4, -0.2) is 52.5 Å². The zero-order valence-corrected chi connectivity index (χ0v) is 24.0. The molecule has 39 heavy (non-hydrogen) atoms. The van der Waals surface area contributed by atoms with Gasteiger partial charge >= 0.3 is 0 Å². The molecule has 8 unspecified atom stereocenters. The molecule has 2 saturated heterocycles. The van der Waals surface area contributed by atoms with Crippen molar-refractivity contribution in [2.75, 3.05) is 5.32 Å². The van der Waals surface area contributed by atoms with Gasteiger partial charge in [-0.2, -0.15) is 0 Å². The first-order valence-electron chi connectivity index (χ1n) is 14.5. The number of carbonyl (C=O) groups excluding carboxylic acids is 3. The van der Waals surface area contributed by atoms with E-state index in [2.05, 4.69) is 24.5 Å². The Morgan fingerprint density at radius 3 is 2.51 bits per heavy atom. The lowest BCUT2D eigenvalue weighted by atomic mass is 9.74. The zero-order valence-electron chi connectivity index (χ0n) is 22.5. The minimum atomic E-state index is -1.15. The highest BCUT2D eigenvalue weighted by atomic mass is 35.5. The summed E-state index contributed by atoms with van der Waals surface area (Å²) in [7, 11) is 0. The van der Waals surface area contributed by atoms with E-state index >= 15 is 0 Å². The van der Waals surface area contributed by atoms with Crippen molar-refractivity contribution in [3.63, 3.8) is 0 Å². The van der Waals surface area contributed by atoms with Gasteiger partial charge in [0.05, 0.1) is 28.0 Å². The predicted molar refractivity (Wildman–Crippen MR) is 150 cm³/mol. The number of carbonyl (C=O) groups is 3. The molecule has 2 aliphatic carbocycles. The van der Waals surface area contributed by atoms with Gasteiger partial charge in [0.15, 0.2) is 0 Å². The molecule has 6 rings (SSSR count). The molecule has 1 aromatic rings. The van der Waals surface area contributed by atoms with Crippen LogP contribution in [0.2, 0.25) is 10.0 Å². The van der Waals surface area contributed by atoms with Gasteiger partial charge in [-0.15, -0.1) is 0 Å². The van der Waals surface area contributed by atoms with Gasteiger partial charge in [0, 0.05) is 17.8 Å². The summed E-state index contributed by atoms with van der Waals surface area (Å²) in [6, 6.07) is 4.14. The number of fused-ring (bicyclic) bond motifs is 1. The smallest absolute Gasteiger partial charge is 0.246 e. The van der Waals surface area contributed by atoms with E-state index in [9.17, 15) is 14.4 Å². The van der Waals surface area contributed by atoms with Gasteiger partial charge in [0.1, 0.15) is 11.6 Å². The Balaban J connectivity index is 1.34. The molecule has 1 spiro atoms. The number of likely N-dealkylation sites (tertiary alicyclic amines) is 1. The summed E-state index contributed by atoms with van der Waals surface area (Å²) in [5.74, 6) is -1.44. The van der Waals surface area contributed by atoms with Crippen molar-refractivity contribution in [1.82, 2.24) is 10.2 Å². The van der Waals surface area contributed by atoms with Gasteiger partial charge in [-0.25, -0.2) is 0 Å². The van der Waals surface area contributed by atoms with Gasteiger partial charge in [0.2, 0.25) is 17.7 Å². The highest BCUT2D eigenvalue weighted by molar-refractivity contribution is 6.42. The van der Waals surface area contributed by atoms with E-state index in [1.165, 1.54) is 6.42 Å². The molecule has 1 aromatic carbocycles. The molecule has 210 valence electrons. The fourth-order valence-corrected chi connectivity index (χ4v) is 8.13. The number of anilines is 1. The molecular weight excluding hydrogens is 537 g/mol. The summed E-state index contributed by atoms with van der Waals surface area (Å²) in [4.78, 5) is 44.1. The summed E-state index contributed by atoms with van der Waals surface area (Å²) in [6.45, 7) is 4.41. The van der Waals surface area contributed by atoms with E-state index < -0.39 is 29.6 Å². The first-order valence-corrected chi connectivity index (χ1v) is 15.2. The monoisotopic (exact) mass is 573 g/mol. The Hall–Kier alpha value is -2.09. The van der Waals surface area contributed by atoms with Crippen molar-refractivity contribution >= 4 is 46.6 Å². The largest absolute Gasteiger partial charge is 0.359 e. The topological polar surface area (TPSA) is 87.7 Å². The molecule has 2 N–H and O–H groups in total. The van der Waals surface area contributed by atoms with Crippen LogP contribution in [0, 0.1) is 23.7 Å². The van der Waals surface area contributed by atoms with Gasteiger partial charge in [-0.1, -0.05) is 81.3 Å². The molecule has 8 atom stereocenters. The Labute approximate surface area is 240 Å². The lowest BCUT2D eigenvalue weighted by Gasteiger charge is -2.44. The van der Waals surface area contributed by atoms with Crippen LogP contribution in [0.5, 0.6) is 0 Å². The summed E-state index contributed by atoms with van der Waals surface area (Å²) in [5.41, 5.74) is -0.653. The van der Waals surface area contributed by atoms with Crippen LogP contribution < -0.4 is 10.6 Å². The Kier molecular flexibility index (Phi) is 7.22. The first kappa shape index (κ1) is 27.1. The normalized spacial score (nSPS) is 37.7. The second kappa shape index (κ2) is 10.4. The summed E-state index contributed by atoms with van der Waals surface area (Å²) in [6.07, 6.45) is 11.4. The Bertz CT molecular complexity index is 1200. The van der Waals surface area contributed by atoms with Gasteiger partial charge in [-0.3, -0.25) is 14.4 Å². The number of benzene rings is 1. The van der Waals surface area contributed by atoms with Gasteiger partial charge < -0.3 is 20.3 Å². The highest BCUT2D eigenvalue weighted by Gasteiger charge is 2.73. The number of hydrogen-bond donors (Lipinski definition) is 2. The molecule has 3 amide bonds. The zero-order chi connectivity index (χ0) is 27.5. The average Bonchev–Trinajstić information content (AvgIpc) is 3.56. The summed E-state index contributed by atoms with van der Waals surface area (Å²) >= 11 is 12.2. The number of nitrogens with one attached hydrogen (secondary N) is 2. The fourth-order valence-electron chi connectivity index (χ4n) is 7.84. The molecule has 0 radical (unpaired) electrons. The SMILES string of the molecule is CC1CCCC(N2C(=O)C3C(C(=O)Nc4ccc(Cl)c(Cl)c4)C4C=CC3(O4)C2C(=O)NC2CCCCC2)C1C. The van der Waals surface area contributed by atoms with Crippen LogP contribution in [0.25, 0.3) is 0 Å². The third kappa shape index (κ3) is 4.49. The van der Waals surface area contributed by atoms with Gasteiger partial charge in [-0.05, 0) is 49.3 Å². The lowest BCUT2D eigenvalue weighted by molar-refractivity contribution is -0.146. The van der Waals surface area contributed by atoms with Crippen LogP contribution in [-0.2, 0) is 19.1 Å². The maximum absolute atomic E-state index is 14.4. The first-order chi connectivity index (χ1) is 18.7. The molecule has 3 aliphatic heterocycles. The summed E-state index contributed by atoms with van der Waals surface area (Å²) in [5, 5.41) is 6.93.